The second kappa shape index (κ2) is 14.4. The van der Waals surface area contributed by atoms with Gasteiger partial charge in [-0.2, -0.15) is 0 Å². The van der Waals surface area contributed by atoms with Gasteiger partial charge in [-0.1, -0.05) is 182 Å². The Kier molecular flexibility index (Phi) is 8.55. The minimum absolute atomic E-state index is 0.874. The third-order valence-corrected chi connectivity index (χ3v) is 10.7. The highest BCUT2D eigenvalue weighted by atomic mass is 16.3. The van der Waals surface area contributed by atoms with E-state index in [0.29, 0.717) is 0 Å². The van der Waals surface area contributed by atoms with E-state index in [-0.39, 0.29) is 0 Å². The Morgan fingerprint density at radius 1 is 0.268 bits per heavy atom. The van der Waals surface area contributed by atoms with Gasteiger partial charge >= 0.3 is 0 Å². The molecule has 0 fully saturated rings. The van der Waals surface area contributed by atoms with Crippen molar-refractivity contribution in [3.63, 3.8) is 0 Å². The maximum atomic E-state index is 6.30. The highest BCUT2D eigenvalue weighted by molar-refractivity contribution is 6.07. The zero-order chi connectivity index (χ0) is 37.3. The average molecular weight is 716 g/mol. The fraction of sp³-hybridized carbons (Fsp3) is 0. The summed E-state index contributed by atoms with van der Waals surface area (Å²) in [5, 5.41) is 2.19. The summed E-state index contributed by atoms with van der Waals surface area (Å²) < 4.78 is 6.30. The third-order valence-electron chi connectivity index (χ3n) is 10.7. The van der Waals surface area contributed by atoms with Crippen LogP contribution in [-0.4, -0.2) is 0 Å². The summed E-state index contributed by atoms with van der Waals surface area (Å²) in [6.07, 6.45) is 0. The Hall–Kier alpha value is -7.42. The summed E-state index contributed by atoms with van der Waals surface area (Å²) in [4.78, 5) is 2.39. The topological polar surface area (TPSA) is 16.4 Å². The standard InChI is InChI=1S/C54H37NO/c1-3-17-38(18-4-1)43-21-7-8-22-44(43)40-31-33-41(34-32-40)55(42-35-36-54-51(37-42)50-28-14-16-30-53(50)56-54)52-29-15-13-27-49(52)48-26-12-11-25-47(48)46-24-10-9-23-45(46)39-19-5-2-6-20-39/h1-37H. The molecule has 2 nitrogen and oxygen atoms in total. The summed E-state index contributed by atoms with van der Waals surface area (Å²) in [6.45, 7) is 0. The van der Waals surface area contributed by atoms with Gasteiger partial charge in [0.15, 0.2) is 0 Å². The minimum Gasteiger partial charge on any atom is -0.456 e. The maximum absolute atomic E-state index is 6.30. The van der Waals surface area contributed by atoms with Gasteiger partial charge in [0.05, 0.1) is 5.69 Å². The molecule has 56 heavy (non-hydrogen) atoms. The van der Waals surface area contributed by atoms with Crippen molar-refractivity contribution in [1.29, 1.82) is 0 Å². The van der Waals surface area contributed by atoms with E-state index in [1.54, 1.807) is 0 Å². The van der Waals surface area contributed by atoms with E-state index in [0.717, 1.165) is 44.6 Å². The predicted octanol–water partition coefficient (Wildman–Crippen LogP) is 15.4. The number of benzene rings is 9. The first-order chi connectivity index (χ1) is 27.8. The van der Waals surface area contributed by atoms with E-state index in [1.807, 2.05) is 12.1 Å². The van der Waals surface area contributed by atoms with Gasteiger partial charge in [0.2, 0.25) is 0 Å². The molecule has 0 aliphatic carbocycles. The largest absolute Gasteiger partial charge is 0.456 e. The predicted molar refractivity (Wildman–Crippen MR) is 236 cm³/mol. The second-order valence-electron chi connectivity index (χ2n) is 14.0. The fourth-order valence-electron chi connectivity index (χ4n) is 8.11. The molecule has 264 valence electrons. The van der Waals surface area contributed by atoms with Gasteiger partial charge in [0.1, 0.15) is 11.2 Å². The molecular weight excluding hydrogens is 679 g/mol. The summed E-state index contributed by atoms with van der Waals surface area (Å²) in [7, 11) is 0. The van der Waals surface area contributed by atoms with Crippen molar-refractivity contribution in [2.75, 3.05) is 4.90 Å². The van der Waals surface area contributed by atoms with Crippen LogP contribution < -0.4 is 4.90 Å². The number of furan rings is 1. The molecule has 2 heteroatoms. The molecule has 10 rings (SSSR count). The number of nitrogens with zero attached hydrogens (tertiary/aromatic N) is 1. The van der Waals surface area contributed by atoms with E-state index >= 15 is 0 Å². The molecule has 1 aromatic heterocycles. The van der Waals surface area contributed by atoms with E-state index in [2.05, 4.69) is 217 Å². The van der Waals surface area contributed by atoms with Crippen LogP contribution in [0, 0.1) is 0 Å². The van der Waals surface area contributed by atoms with E-state index in [1.165, 1.54) is 50.1 Å². The number of para-hydroxylation sites is 2. The molecule has 0 atom stereocenters. The monoisotopic (exact) mass is 715 g/mol. The van der Waals surface area contributed by atoms with Crippen LogP contribution in [-0.2, 0) is 0 Å². The van der Waals surface area contributed by atoms with Gasteiger partial charge in [-0.25, -0.2) is 0 Å². The first-order valence-corrected chi connectivity index (χ1v) is 19.1. The normalized spacial score (nSPS) is 11.2. The summed E-state index contributed by atoms with van der Waals surface area (Å²) in [6, 6.07) is 80.1. The van der Waals surface area contributed by atoms with Gasteiger partial charge in [0, 0.05) is 27.7 Å². The molecule has 0 aliphatic heterocycles. The molecule has 0 saturated heterocycles. The van der Waals surface area contributed by atoms with Crippen LogP contribution in [0.2, 0.25) is 0 Å². The molecule has 1 heterocycles. The fourth-order valence-corrected chi connectivity index (χ4v) is 8.11. The average Bonchev–Trinajstić information content (AvgIpc) is 3.66. The summed E-state index contributed by atoms with van der Waals surface area (Å²) in [5.74, 6) is 0. The lowest BCUT2D eigenvalue weighted by Crippen LogP contribution is -2.11. The zero-order valence-electron chi connectivity index (χ0n) is 30.7. The van der Waals surface area contributed by atoms with Gasteiger partial charge < -0.3 is 9.32 Å². The van der Waals surface area contributed by atoms with Crippen molar-refractivity contribution in [2.45, 2.75) is 0 Å². The van der Waals surface area contributed by atoms with E-state index in [9.17, 15) is 0 Å². The van der Waals surface area contributed by atoms with Crippen LogP contribution >= 0.6 is 0 Å². The zero-order valence-corrected chi connectivity index (χ0v) is 30.7. The second-order valence-corrected chi connectivity index (χ2v) is 14.0. The lowest BCUT2D eigenvalue weighted by Gasteiger charge is -2.29. The van der Waals surface area contributed by atoms with Crippen molar-refractivity contribution in [3.05, 3.63) is 224 Å². The first kappa shape index (κ1) is 33.2. The Bertz CT molecular complexity index is 2960. The van der Waals surface area contributed by atoms with E-state index in [4.69, 9.17) is 4.42 Å². The number of rotatable bonds is 8. The van der Waals surface area contributed by atoms with Crippen LogP contribution in [0.1, 0.15) is 0 Å². The molecule has 10 aromatic rings. The van der Waals surface area contributed by atoms with E-state index < -0.39 is 0 Å². The Morgan fingerprint density at radius 3 is 1.30 bits per heavy atom. The number of anilines is 3. The first-order valence-electron chi connectivity index (χ1n) is 19.1. The van der Waals surface area contributed by atoms with Gasteiger partial charge in [-0.05, 0) is 92.5 Å². The number of fused-ring (bicyclic) bond motifs is 3. The third kappa shape index (κ3) is 6.04. The molecule has 0 amide bonds. The lowest BCUT2D eigenvalue weighted by atomic mass is 9.88. The van der Waals surface area contributed by atoms with Crippen molar-refractivity contribution in [3.8, 4) is 55.6 Å². The van der Waals surface area contributed by atoms with Crippen molar-refractivity contribution < 1.29 is 4.42 Å². The molecule has 0 N–H and O–H groups in total. The molecule has 9 aromatic carbocycles. The van der Waals surface area contributed by atoms with Crippen LogP contribution in [0.15, 0.2) is 229 Å². The number of hydrogen-bond acceptors (Lipinski definition) is 2. The van der Waals surface area contributed by atoms with Crippen LogP contribution in [0.3, 0.4) is 0 Å². The highest BCUT2D eigenvalue weighted by Crippen LogP contribution is 2.46. The summed E-state index contributed by atoms with van der Waals surface area (Å²) >= 11 is 0. The van der Waals surface area contributed by atoms with Crippen LogP contribution in [0.4, 0.5) is 17.1 Å². The molecule has 0 spiro atoms. The van der Waals surface area contributed by atoms with Crippen LogP contribution in [0.5, 0.6) is 0 Å². The minimum atomic E-state index is 0.874. The molecule has 0 saturated carbocycles. The smallest absolute Gasteiger partial charge is 0.135 e. The molecule has 0 unspecified atom stereocenters. The molecular formula is C54H37NO. The SMILES string of the molecule is c1ccc(-c2ccccc2-c2ccc(N(c3ccc4oc5ccccc5c4c3)c3ccccc3-c3ccccc3-c3ccccc3-c3ccccc3)cc2)cc1. The summed E-state index contributed by atoms with van der Waals surface area (Å²) in [5.41, 5.74) is 16.8. The Morgan fingerprint density at radius 2 is 0.679 bits per heavy atom. The van der Waals surface area contributed by atoms with Crippen molar-refractivity contribution in [1.82, 2.24) is 0 Å². The van der Waals surface area contributed by atoms with Gasteiger partial charge in [0.25, 0.3) is 0 Å². The number of hydrogen-bond donors (Lipinski definition) is 0. The Labute approximate surface area is 327 Å². The van der Waals surface area contributed by atoms with Crippen molar-refractivity contribution in [2.24, 2.45) is 0 Å². The van der Waals surface area contributed by atoms with Crippen molar-refractivity contribution >= 4 is 39.0 Å². The van der Waals surface area contributed by atoms with Crippen LogP contribution in [0.25, 0.3) is 77.6 Å². The van der Waals surface area contributed by atoms with Gasteiger partial charge in [-0.15, -0.1) is 0 Å². The molecule has 0 radical (unpaired) electrons. The highest BCUT2D eigenvalue weighted by Gasteiger charge is 2.21. The Balaban J connectivity index is 1.16. The quantitative estimate of drug-likeness (QED) is 0.156. The molecule has 0 bridgehead atoms. The van der Waals surface area contributed by atoms with Gasteiger partial charge in [-0.3, -0.25) is 0 Å². The maximum Gasteiger partial charge on any atom is 0.135 e. The lowest BCUT2D eigenvalue weighted by molar-refractivity contribution is 0.669. The molecule has 0 aliphatic rings.